The van der Waals surface area contributed by atoms with Gasteiger partial charge in [-0.05, 0) is 47.5 Å². The van der Waals surface area contributed by atoms with E-state index in [2.05, 4.69) is 39.3 Å². The van der Waals surface area contributed by atoms with E-state index in [-0.39, 0.29) is 0 Å². The highest BCUT2D eigenvalue weighted by molar-refractivity contribution is 9.10. The van der Waals surface area contributed by atoms with Gasteiger partial charge in [-0.3, -0.25) is 4.68 Å². The van der Waals surface area contributed by atoms with Crippen molar-refractivity contribution in [2.24, 2.45) is 0 Å². The first-order valence-corrected chi connectivity index (χ1v) is 7.46. The maximum Gasteiger partial charge on any atom is 0.0739 e. The Morgan fingerprint density at radius 1 is 1.37 bits per heavy atom. The molecule has 0 amide bonds. The summed E-state index contributed by atoms with van der Waals surface area (Å²) in [6, 6.07) is 7.90. The topological polar surface area (TPSA) is 29.9 Å². The zero-order valence-corrected chi connectivity index (χ0v) is 13.4. The van der Waals surface area contributed by atoms with Crippen LogP contribution in [0.5, 0.6) is 0 Å². The molecule has 0 fully saturated rings. The van der Waals surface area contributed by atoms with Crippen LogP contribution in [0.1, 0.15) is 23.9 Å². The Hall–Kier alpha value is -0.840. The molecule has 0 unspecified atom stereocenters. The van der Waals surface area contributed by atoms with Crippen molar-refractivity contribution < 1.29 is 0 Å². The average Bonchev–Trinajstić information content (AvgIpc) is 2.66. The Morgan fingerprint density at radius 3 is 2.84 bits per heavy atom. The highest BCUT2D eigenvalue weighted by Gasteiger charge is 2.11. The van der Waals surface area contributed by atoms with Crippen molar-refractivity contribution in [2.45, 2.75) is 33.5 Å². The third-order valence-corrected chi connectivity index (χ3v) is 4.23. The van der Waals surface area contributed by atoms with Crippen LogP contribution in [-0.2, 0) is 19.6 Å². The van der Waals surface area contributed by atoms with E-state index in [0.717, 1.165) is 34.8 Å². The van der Waals surface area contributed by atoms with E-state index in [1.54, 1.807) is 0 Å². The Balaban J connectivity index is 1.99. The standard InChI is InChI=1S/C14H17BrClN3/c1-3-19-13(14(15)10(2)18-19)9-17-8-11-5-4-6-12(16)7-11/h4-7,17H,3,8-9H2,1-2H3. The molecule has 19 heavy (non-hydrogen) atoms. The highest BCUT2D eigenvalue weighted by Crippen LogP contribution is 2.21. The summed E-state index contributed by atoms with van der Waals surface area (Å²) in [4.78, 5) is 0. The maximum atomic E-state index is 5.97. The highest BCUT2D eigenvalue weighted by atomic mass is 79.9. The van der Waals surface area contributed by atoms with Gasteiger partial charge in [0.1, 0.15) is 0 Å². The molecule has 1 aromatic carbocycles. The lowest BCUT2D eigenvalue weighted by Crippen LogP contribution is -2.16. The van der Waals surface area contributed by atoms with Crippen LogP contribution in [0, 0.1) is 6.92 Å². The van der Waals surface area contributed by atoms with Gasteiger partial charge < -0.3 is 5.32 Å². The summed E-state index contributed by atoms with van der Waals surface area (Å²) in [5.74, 6) is 0. The number of aryl methyl sites for hydroxylation is 2. The number of benzene rings is 1. The molecule has 102 valence electrons. The fraction of sp³-hybridized carbons (Fsp3) is 0.357. The number of hydrogen-bond donors (Lipinski definition) is 1. The molecule has 0 aliphatic carbocycles. The first kappa shape index (κ1) is 14.6. The smallest absolute Gasteiger partial charge is 0.0739 e. The van der Waals surface area contributed by atoms with Gasteiger partial charge in [-0.15, -0.1) is 0 Å². The van der Waals surface area contributed by atoms with Gasteiger partial charge in [-0.25, -0.2) is 0 Å². The van der Waals surface area contributed by atoms with E-state index in [1.165, 1.54) is 11.3 Å². The molecule has 0 aliphatic rings. The van der Waals surface area contributed by atoms with Crippen LogP contribution in [0.3, 0.4) is 0 Å². The van der Waals surface area contributed by atoms with Crippen LogP contribution in [0.15, 0.2) is 28.7 Å². The van der Waals surface area contributed by atoms with E-state index < -0.39 is 0 Å². The molecule has 1 N–H and O–H groups in total. The van der Waals surface area contributed by atoms with Crippen molar-refractivity contribution in [1.82, 2.24) is 15.1 Å². The van der Waals surface area contributed by atoms with Crippen molar-refractivity contribution >= 4 is 27.5 Å². The quantitative estimate of drug-likeness (QED) is 0.892. The minimum atomic E-state index is 0.773. The second kappa shape index (κ2) is 6.55. The van der Waals surface area contributed by atoms with Crippen molar-refractivity contribution in [3.63, 3.8) is 0 Å². The first-order valence-electron chi connectivity index (χ1n) is 6.28. The number of nitrogens with zero attached hydrogens (tertiary/aromatic N) is 2. The predicted octanol–water partition coefficient (Wildman–Crippen LogP) is 3.92. The third kappa shape index (κ3) is 3.59. The van der Waals surface area contributed by atoms with Gasteiger partial charge in [0.15, 0.2) is 0 Å². The lowest BCUT2D eigenvalue weighted by atomic mass is 10.2. The molecule has 0 bridgehead atoms. The Morgan fingerprint density at radius 2 is 2.16 bits per heavy atom. The summed E-state index contributed by atoms with van der Waals surface area (Å²) in [5, 5.41) is 8.67. The van der Waals surface area contributed by atoms with Gasteiger partial charge in [0.05, 0.1) is 15.9 Å². The molecular formula is C14H17BrClN3. The van der Waals surface area contributed by atoms with Gasteiger partial charge in [0, 0.05) is 24.7 Å². The summed E-state index contributed by atoms with van der Waals surface area (Å²) in [7, 11) is 0. The SMILES string of the molecule is CCn1nc(C)c(Br)c1CNCc1cccc(Cl)c1. The van der Waals surface area contributed by atoms with Crippen LogP contribution in [0.25, 0.3) is 0 Å². The first-order chi connectivity index (χ1) is 9.11. The molecule has 1 heterocycles. The molecule has 2 aromatic rings. The summed E-state index contributed by atoms with van der Waals surface area (Å²) in [6.45, 7) is 6.55. The van der Waals surface area contributed by atoms with Crippen LogP contribution >= 0.6 is 27.5 Å². The lowest BCUT2D eigenvalue weighted by Gasteiger charge is -2.08. The molecule has 0 saturated heterocycles. The van der Waals surface area contributed by atoms with Crippen molar-refractivity contribution in [2.75, 3.05) is 0 Å². The summed E-state index contributed by atoms with van der Waals surface area (Å²) in [5.41, 5.74) is 3.39. The van der Waals surface area contributed by atoms with Crippen LogP contribution in [0.4, 0.5) is 0 Å². The van der Waals surface area contributed by atoms with Crippen LogP contribution in [-0.4, -0.2) is 9.78 Å². The van der Waals surface area contributed by atoms with E-state index >= 15 is 0 Å². The average molecular weight is 343 g/mol. The van der Waals surface area contributed by atoms with Gasteiger partial charge in [0.2, 0.25) is 0 Å². The van der Waals surface area contributed by atoms with E-state index in [9.17, 15) is 0 Å². The van der Waals surface area contributed by atoms with Crippen molar-refractivity contribution in [3.8, 4) is 0 Å². The largest absolute Gasteiger partial charge is 0.307 e. The number of aromatic nitrogens is 2. The van der Waals surface area contributed by atoms with Crippen molar-refractivity contribution in [1.29, 1.82) is 0 Å². The molecule has 0 aliphatic heterocycles. The minimum absolute atomic E-state index is 0.773. The molecule has 0 atom stereocenters. The fourth-order valence-electron chi connectivity index (χ4n) is 2.01. The molecule has 2 rings (SSSR count). The summed E-state index contributed by atoms with van der Waals surface area (Å²) >= 11 is 9.56. The monoisotopic (exact) mass is 341 g/mol. The molecule has 5 heteroatoms. The third-order valence-electron chi connectivity index (χ3n) is 2.96. The maximum absolute atomic E-state index is 5.97. The Kier molecular flexibility index (Phi) is 5.02. The summed E-state index contributed by atoms with van der Waals surface area (Å²) < 4.78 is 3.11. The lowest BCUT2D eigenvalue weighted by molar-refractivity contribution is 0.578. The summed E-state index contributed by atoms with van der Waals surface area (Å²) in [6.07, 6.45) is 0. The number of nitrogens with one attached hydrogen (secondary N) is 1. The zero-order chi connectivity index (χ0) is 13.8. The normalized spacial score (nSPS) is 10.9. The fourth-order valence-corrected chi connectivity index (χ4v) is 2.65. The predicted molar refractivity (Wildman–Crippen MR) is 82.3 cm³/mol. The molecular weight excluding hydrogens is 326 g/mol. The van der Waals surface area contributed by atoms with E-state index in [1.807, 2.05) is 29.8 Å². The van der Waals surface area contributed by atoms with Crippen LogP contribution < -0.4 is 5.32 Å². The second-order valence-electron chi connectivity index (χ2n) is 4.40. The Bertz CT molecular complexity index is 566. The molecule has 0 radical (unpaired) electrons. The molecule has 3 nitrogen and oxygen atoms in total. The second-order valence-corrected chi connectivity index (χ2v) is 5.62. The number of halogens is 2. The minimum Gasteiger partial charge on any atom is -0.307 e. The van der Waals surface area contributed by atoms with Crippen LogP contribution in [0.2, 0.25) is 5.02 Å². The molecule has 0 spiro atoms. The van der Waals surface area contributed by atoms with Crippen molar-refractivity contribution in [3.05, 3.63) is 50.7 Å². The van der Waals surface area contributed by atoms with E-state index in [4.69, 9.17) is 11.6 Å². The van der Waals surface area contributed by atoms with Gasteiger partial charge in [-0.2, -0.15) is 5.10 Å². The molecule has 1 aromatic heterocycles. The van der Waals surface area contributed by atoms with Gasteiger partial charge >= 0.3 is 0 Å². The Labute approximate surface area is 127 Å². The van der Waals surface area contributed by atoms with Gasteiger partial charge in [-0.1, -0.05) is 23.7 Å². The number of rotatable bonds is 5. The van der Waals surface area contributed by atoms with E-state index in [0.29, 0.717) is 0 Å². The zero-order valence-electron chi connectivity index (χ0n) is 11.1. The van der Waals surface area contributed by atoms with Gasteiger partial charge in [0.25, 0.3) is 0 Å². The molecule has 0 saturated carbocycles. The number of hydrogen-bond acceptors (Lipinski definition) is 2.